The molecule has 228 valence electrons. The number of hydrogen-bond acceptors (Lipinski definition) is 8. The maximum atomic E-state index is 11.1. The molecule has 3 aliphatic rings. The van der Waals surface area contributed by atoms with Crippen molar-refractivity contribution in [2.24, 2.45) is 5.92 Å². The lowest BCUT2D eigenvalue weighted by atomic mass is 9.87. The number of carboxylic acids is 1. The number of aromatic nitrogens is 3. The summed E-state index contributed by atoms with van der Waals surface area (Å²) in [5.41, 5.74) is 2.76. The molecule has 3 saturated heterocycles. The minimum Gasteiger partial charge on any atom is -0.481 e. The molecule has 1 N–H and O–H groups in total. The number of hydrogen-bond donors (Lipinski definition) is 1. The molecular formula is C32H38Cl2N6O3. The van der Waals surface area contributed by atoms with Crippen LogP contribution in [0.4, 0.5) is 5.95 Å². The normalized spacial score (nSPS) is 21.9. The van der Waals surface area contributed by atoms with E-state index in [0.717, 1.165) is 69.1 Å². The molecule has 0 aliphatic carbocycles. The lowest BCUT2D eigenvalue weighted by molar-refractivity contribution is -0.138. The number of piperidine rings is 2. The molecule has 3 aliphatic heterocycles. The zero-order valence-electron chi connectivity index (χ0n) is 24.5. The molecule has 11 heteroatoms. The predicted octanol–water partition coefficient (Wildman–Crippen LogP) is 6.39. The monoisotopic (exact) mass is 624 g/mol. The van der Waals surface area contributed by atoms with Crippen molar-refractivity contribution in [3.8, 4) is 22.9 Å². The van der Waals surface area contributed by atoms with Crippen molar-refractivity contribution in [3.63, 3.8) is 0 Å². The van der Waals surface area contributed by atoms with Crippen LogP contribution >= 0.6 is 23.2 Å². The smallest absolute Gasteiger partial charge is 0.303 e. The fourth-order valence-electron chi connectivity index (χ4n) is 6.92. The number of rotatable bonds is 8. The molecule has 0 saturated carbocycles. The van der Waals surface area contributed by atoms with Crippen molar-refractivity contribution in [1.29, 1.82) is 0 Å². The van der Waals surface area contributed by atoms with Crippen molar-refractivity contribution < 1.29 is 14.6 Å². The molecule has 0 radical (unpaired) electrons. The zero-order chi connectivity index (χ0) is 30.0. The van der Waals surface area contributed by atoms with Gasteiger partial charge in [0, 0.05) is 53.3 Å². The molecule has 0 bridgehead atoms. The van der Waals surface area contributed by atoms with Gasteiger partial charge in [0.25, 0.3) is 0 Å². The molecule has 2 aromatic heterocycles. The van der Waals surface area contributed by atoms with Crippen molar-refractivity contribution in [2.45, 2.75) is 57.0 Å². The first-order valence-corrected chi connectivity index (χ1v) is 15.9. The van der Waals surface area contributed by atoms with Gasteiger partial charge in [-0.1, -0.05) is 23.2 Å². The fourth-order valence-corrected chi connectivity index (χ4v) is 7.45. The van der Waals surface area contributed by atoms with Crippen molar-refractivity contribution in [3.05, 3.63) is 58.3 Å². The third kappa shape index (κ3) is 7.23. The molecule has 1 spiro atoms. The van der Waals surface area contributed by atoms with Gasteiger partial charge in [0.05, 0.1) is 18.1 Å². The van der Waals surface area contributed by atoms with Crippen LogP contribution in [0.3, 0.4) is 0 Å². The average Bonchev–Trinajstić information content (AvgIpc) is 3.32. The first-order chi connectivity index (χ1) is 20.7. The van der Waals surface area contributed by atoms with Gasteiger partial charge in [0.1, 0.15) is 0 Å². The average molecular weight is 626 g/mol. The van der Waals surface area contributed by atoms with Crippen LogP contribution in [0.1, 0.15) is 50.5 Å². The van der Waals surface area contributed by atoms with Crippen LogP contribution in [-0.4, -0.2) is 81.1 Å². The highest BCUT2D eigenvalue weighted by atomic mass is 35.5. The molecule has 43 heavy (non-hydrogen) atoms. The van der Waals surface area contributed by atoms with Gasteiger partial charge in [0.2, 0.25) is 11.8 Å². The summed E-state index contributed by atoms with van der Waals surface area (Å²) in [6, 6.07) is 9.35. The SMILES string of the molecule is CN1CCC[C@@]12CCCN(c1ncc(Oc3cc(CN4CCC(CC(=O)O)CC4)cc(-c4cc(Cl)cc(Cl)c4)n3)cn1)C2. The summed E-state index contributed by atoms with van der Waals surface area (Å²) in [5, 5.41) is 10.2. The summed E-state index contributed by atoms with van der Waals surface area (Å²) in [7, 11) is 2.24. The number of likely N-dealkylation sites (tertiary alicyclic amines) is 2. The van der Waals surface area contributed by atoms with Crippen LogP contribution < -0.4 is 9.64 Å². The molecule has 6 rings (SSSR count). The number of likely N-dealkylation sites (N-methyl/N-ethyl adjacent to an activating group) is 1. The quantitative estimate of drug-likeness (QED) is 0.306. The topological polar surface area (TPSA) is 94.9 Å². The number of halogens is 2. The second-order valence-corrected chi connectivity index (χ2v) is 13.1. The van der Waals surface area contributed by atoms with E-state index in [4.69, 9.17) is 38.0 Å². The lowest BCUT2D eigenvalue weighted by Gasteiger charge is -2.44. The van der Waals surface area contributed by atoms with E-state index in [9.17, 15) is 4.79 Å². The summed E-state index contributed by atoms with van der Waals surface area (Å²) >= 11 is 12.6. The van der Waals surface area contributed by atoms with Gasteiger partial charge < -0.3 is 14.7 Å². The summed E-state index contributed by atoms with van der Waals surface area (Å²) in [5.74, 6) is 1.19. The Morgan fingerprint density at radius 1 is 1.00 bits per heavy atom. The lowest BCUT2D eigenvalue weighted by Crippen LogP contribution is -2.54. The Balaban J connectivity index is 1.20. The summed E-state index contributed by atoms with van der Waals surface area (Å²) in [6.07, 6.45) is 10.3. The highest BCUT2D eigenvalue weighted by Gasteiger charge is 2.42. The molecular weight excluding hydrogens is 587 g/mol. The summed E-state index contributed by atoms with van der Waals surface area (Å²) in [4.78, 5) is 32.5. The van der Waals surface area contributed by atoms with Gasteiger partial charge in [-0.15, -0.1) is 0 Å². The van der Waals surface area contributed by atoms with Gasteiger partial charge >= 0.3 is 5.97 Å². The Bertz CT molecular complexity index is 1430. The van der Waals surface area contributed by atoms with E-state index in [-0.39, 0.29) is 17.9 Å². The first-order valence-electron chi connectivity index (χ1n) is 15.1. The minimum atomic E-state index is -0.725. The number of nitrogens with zero attached hydrogens (tertiary/aromatic N) is 6. The Morgan fingerprint density at radius 3 is 2.37 bits per heavy atom. The highest BCUT2D eigenvalue weighted by molar-refractivity contribution is 6.35. The van der Waals surface area contributed by atoms with Crippen molar-refractivity contribution in [2.75, 3.05) is 44.7 Å². The number of aliphatic carboxylic acids is 1. The molecule has 0 amide bonds. The molecule has 1 aromatic carbocycles. The number of carbonyl (C=O) groups is 1. The van der Waals surface area contributed by atoms with Crippen LogP contribution in [0.5, 0.6) is 11.6 Å². The zero-order valence-corrected chi connectivity index (χ0v) is 26.0. The molecule has 3 aromatic rings. The van der Waals surface area contributed by atoms with E-state index in [2.05, 4.69) is 31.7 Å². The van der Waals surface area contributed by atoms with E-state index in [1.165, 1.54) is 19.3 Å². The van der Waals surface area contributed by atoms with E-state index in [0.29, 0.717) is 33.9 Å². The number of ether oxygens (including phenoxy) is 1. The van der Waals surface area contributed by atoms with E-state index in [1.54, 1.807) is 18.5 Å². The molecule has 3 fully saturated rings. The fraction of sp³-hybridized carbons (Fsp3) is 0.500. The third-order valence-electron chi connectivity index (χ3n) is 9.22. The largest absolute Gasteiger partial charge is 0.481 e. The molecule has 1 atom stereocenters. The van der Waals surface area contributed by atoms with Gasteiger partial charge in [-0.2, -0.15) is 0 Å². The van der Waals surface area contributed by atoms with Crippen molar-refractivity contribution >= 4 is 35.1 Å². The van der Waals surface area contributed by atoms with Crippen LogP contribution in [-0.2, 0) is 11.3 Å². The van der Waals surface area contributed by atoms with Crippen LogP contribution in [0.25, 0.3) is 11.3 Å². The Hall–Kier alpha value is -2.98. The Labute approximate surface area is 262 Å². The minimum absolute atomic E-state index is 0.228. The first kappa shape index (κ1) is 30.1. The molecule has 0 unspecified atom stereocenters. The van der Waals surface area contributed by atoms with Gasteiger partial charge in [-0.25, -0.2) is 15.0 Å². The molecule has 5 heterocycles. The second kappa shape index (κ2) is 12.9. The van der Waals surface area contributed by atoms with Crippen LogP contribution in [0, 0.1) is 5.92 Å². The standard InChI is InChI=1S/C32H38Cl2N6O3/c1-38-8-2-6-32(38)7-3-9-40(21-32)31-35-18-27(19-36-31)43-29-13-23(20-39-10-4-22(5-11-39)14-30(41)42)12-28(37-29)24-15-25(33)17-26(34)16-24/h12-13,15-19,22H,2-11,14,20-21H2,1H3,(H,41,42)/t32-/m0/s1. The predicted molar refractivity (Wildman–Crippen MR) is 168 cm³/mol. The maximum Gasteiger partial charge on any atom is 0.303 e. The number of pyridine rings is 1. The van der Waals surface area contributed by atoms with Crippen molar-refractivity contribution in [1.82, 2.24) is 24.8 Å². The number of benzene rings is 1. The van der Waals surface area contributed by atoms with Gasteiger partial charge in [-0.3, -0.25) is 14.6 Å². The maximum absolute atomic E-state index is 11.1. The van der Waals surface area contributed by atoms with E-state index >= 15 is 0 Å². The summed E-state index contributed by atoms with van der Waals surface area (Å²) in [6.45, 7) is 5.45. The number of anilines is 1. The van der Waals surface area contributed by atoms with Crippen LogP contribution in [0.15, 0.2) is 42.7 Å². The molecule has 9 nitrogen and oxygen atoms in total. The third-order valence-corrected chi connectivity index (χ3v) is 9.65. The van der Waals surface area contributed by atoms with E-state index < -0.39 is 5.97 Å². The van der Waals surface area contributed by atoms with Crippen LogP contribution in [0.2, 0.25) is 10.0 Å². The van der Waals surface area contributed by atoms with Gasteiger partial charge in [0.15, 0.2) is 5.75 Å². The summed E-state index contributed by atoms with van der Waals surface area (Å²) < 4.78 is 6.23. The number of carboxylic acid groups (broad SMARTS) is 1. The van der Waals surface area contributed by atoms with E-state index in [1.807, 2.05) is 24.3 Å². The Morgan fingerprint density at radius 2 is 1.70 bits per heavy atom. The van der Waals surface area contributed by atoms with Gasteiger partial charge in [-0.05, 0) is 101 Å². The second-order valence-electron chi connectivity index (χ2n) is 12.3. The Kier molecular flexibility index (Phi) is 9.05. The highest BCUT2D eigenvalue weighted by Crippen LogP contribution is 2.37.